The van der Waals surface area contributed by atoms with Crippen LogP contribution >= 0.6 is 0 Å². The highest BCUT2D eigenvalue weighted by molar-refractivity contribution is 5.96. The van der Waals surface area contributed by atoms with Crippen molar-refractivity contribution in [1.29, 1.82) is 0 Å². The highest BCUT2D eigenvalue weighted by atomic mass is 16.5. The molecule has 12 heteroatoms. The first-order chi connectivity index (χ1) is 18.8. The molecule has 1 aliphatic heterocycles. The third-order valence-electron chi connectivity index (χ3n) is 6.39. The van der Waals surface area contributed by atoms with Gasteiger partial charge < -0.3 is 30.2 Å². The number of nitrogens with zero attached hydrogens (tertiary/aromatic N) is 2. The van der Waals surface area contributed by atoms with E-state index in [1.165, 1.54) is 18.5 Å². The molecule has 4 rings (SSSR count). The number of carbonyl (C=O) groups is 4. The number of hydrogen-bond donors (Lipinski definition) is 4. The molecule has 3 atom stereocenters. The van der Waals surface area contributed by atoms with Crippen molar-refractivity contribution < 1.29 is 28.1 Å². The number of benzene rings is 1. The van der Waals surface area contributed by atoms with E-state index in [1.807, 2.05) is 44.2 Å². The second-order valence-corrected chi connectivity index (χ2v) is 9.71. The largest absolute Gasteiger partial charge is 0.446 e. The molecule has 0 saturated carbocycles. The van der Waals surface area contributed by atoms with Gasteiger partial charge in [0.25, 0.3) is 11.8 Å². The smallest absolute Gasteiger partial charge is 0.290 e. The van der Waals surface area contributed by atoms with Crippen molar-refractivity contribution in [2.75, 3.05) is 6.54 Å². The van der Waals surface area contributed by atoms with Gasteiger partial charge in [0.2, 0.25) is 23.5 Å². The average molecular weight is 537 g/mol. The normalized spacial score (nSPS) is 21.1. The van der Waals surface area contributed by atoms with E-state index in [2.05, 4.69) is 31.4 Å². The summed E-state index contributed by atoms with van der Waals surface area (Å²) in [4.78, 5) is 56.6. The predicted molar refractivity (Wildman–Crippen MR) is 138 cm³/mol. The minimum atomic E-state index is -0.962. The Bertz CT molecular complexity index is 1270. The Kier molecular flexibility index (Phi) is 9.08. The van der Waals surface area contributed by atoms with Gasteiger partial charge in [-0.3, -0.25) is 19.2 Å². The molecule has 3 aromatic rings. The summed E-state index contributed by atoms with van der Waals surface area (Å²) >= 11 is 0. The third-order valence-corrected chi connectivity index (χ3v) is 6.39. The van der Waals surface area contributed by atoms with Gasteiger partial charge in [0, 0.05) is 19.0 Å². The number of amides is 4. The Hall–Kier alpha value is -4.48. The number of aromatic nitrogens is 2. The molecule has 1 aliphatic rings. The fourth-order valence-electron chi connectivity index (χ4n) is 4.23. The van der Waals surface area contributed by atoms with Gasteiger partial charge in [-0.15, -0.1) is 0 Å². The van der Waals surface area contributed by atoms with E-state index < -0.39 is 41.8 Å². The molecular weight excluding hydrogens is 504 g/mol. The lowest BCUT2D eigenvalue weighted by molar-refractivity contribution is -0.130. The van der Waals surface area contributed by atoms with Gasteiger partial charge in [-0.1, -0.05) is 49.3 Å². The zero-order valence-electron chi connectivity index (χ0n) is 21.8. The van der Waals surface area contributed by atoms with E-state index in [4.69, 9.17) is 8.94 Å². The molecule has 206 valence electrons. The molecule has 2 bridgehead atoms. The number of hydrogen-bond acceptors (Lipinski definition) is 8. The minimum Gasteiger partial charge on any atom is -0.446 e. The molecule has 0 spiro atoms. The van der Waals surface area contributed by atoms with Crippen molar-refractivity contribution in [3.63, 3.8) is 0 Å². The molecule has 1 aromatic carbocycles. The maximum atomic E-state index is 13.6. The SMILES string of the molecule is CC(C)[C@@H]1NC(=O)[C@H](Cc2ccccc2)NC(=O)[C@@H](NC(=O)c2ccno2)CCCCNC(=O)c2coc1n2. The lowest BCUT2D eigenvalue weighted by atomic mass is 10.0. The van der Waals surface area contributed by atoms with Crippen LogP contribution in [0.3, 0.4) is 0 Å². The number of oxazole rings is 1. The van der Waals surface area contributed by atoms with Crippen LogP contribution in [0.2, 0.25) is 0 Å². The maximum absolute atomic E-state index is 13.6. The first kappa shape index (κ1) is 27.6. The zero-order chi connectivity index (χ0) is 27.8. The molecule has 0 unspecified atom stereocenters. The minimum absolute atomic E-state index is 0.0370. The Labute approximate surface area is 225 Å². The van der Waals surface area contributed by atoms with Crippen LogP contribution in [0, 0.1) is 5.92 Å². The van der Waals surface area contributed by atoms with Crippen LogP contribution < -0.4 is 21.3 Å². The first-order valence-electron chi connectivity index (χ1n) is 12.9. The van der Waals surface area contributed by atoms with Gasteiger partial charge in [-0.05, 0) is 30.7 Å². The number of fused-ring (bicyclic) bond motifs is 2. The highest BCUT2D eigenvalue weighted by Crippen LogP contribution is 2.22. The van der Waals surface area contributed by atoms with Crippen LogP contribution in [0.5, 0.6) is 0 Å². The maximum Gasteiger partial charge on any atom is 0.290 e. The summed E-state index contributed by atoms with van der Waals surface area (Å²) in [6.45, 7) is 4.10. The standard InChI is InChI=1S/C27H32N6O6/c1-16(2)22-27-32-20(15-38-27)23(34)28-12-7-6-10-18(30-26(37)21-11-13-29-39-21)24(35)31-19(25(36)33-22)14-17-8-4-3-5-9-17/h3-5,8-9,11,13,15-16,18-19,22H,6-7,10,12,14H2,1-2H3,(H,28,34)(H,30,37)(H,31,35)(H,33,36)/t18-,19-,22-/m0/s1. The topological polar surface area (TPSA) is 168 Å². The van der Waals surface area contributed by atoms with E-state index in [0.717, 1.165) is 5.56 Å². The molecule has 4 amide bonds. The van der Waals surface area contributed by atoms with Crippen molar-refractivity contribution in [2.45, 2.75) is 57.7 Å². The highest BCUT2D eigenvalue weighted by Gasteiger charge is 2.31. The van der Waals surface area contributed by atoms with Crippen molar-refractivity contribution in [2.24, 2.45) is 5.92 Å². The first-order valence-corrected chi connectivity index (χ1v) is 12.9. The Morgan fingerprint density at radius 1 is 1.08 bits per heavy atom. The molecule has 39 heavy (non-hydrogen) atoms. The fraction of sp³-hybridized carbons (Fsp3) is 0.407. The molecule has 3 heterocycles. The van der Waals surface area contributed by atoms with Crippen LogP contribution in [-0.4, -0.2) is 52.4 Å². The average Bonchev–Trinajstić information content (AvgIpc) is 3.63. The molecule has 2 aromatic heterocycles. The molecule has 0 saturated heterocycles. The van der Waals surface area contributed by atoms with Crippen LogP contribution in [0.15, 0.2) is 57.8 Å². The van der Waals surface area contributed by atoms with Crippen LogP contribution in [0.25, 0.3) is 0 Å². The van der Waals surface area contributed by atoms with Crippen molar-refractivity contribution in [3.05, 3.63) is 71.8 Å². The van der Waals surface area contributed by atoms with E-state index in [0.29, 0.717) is 19.4 Å². The summed E-state index contributed by atoms with van der Waals surface area (Å²) in [7, 11) is 0. The Balaban J connectivity index is 1.62. The second-order valence-electron chi connectivity index (χ2n) is 9.71. The summed E-state index contributed by atoms with van der Waals surface area (Å²) in [5.41, 5.74) is 0.953. The molecule has 12 nitrogen and oxygen atoms in total. The fourth-order valence-corrected chi connectivity index (χ4v) is 4.23. The van der Waals surface area contributed by atoms with Gasteiger partial charge in [0.15, 0.2) is 5.69 Å². The van der Waals surface area contributed by atoms with Gasteiger partial charge in [-0.2, -0.15) is 0 Å². The number of nitrogens with one attached hydrogen (secondary N) is 4. The van der Waals surface area contributed by atoms with E-state index >= 15 is 0 Å². The summed E-state index contributed by atoms with van der Waals surface area (Å²) in [5, 5.41) is 14.7. The lowest BCUT2D eigenvalue weighted by Gasteiger charge is -2.26. The van der Waals surface area contributed by atoms with Crippen LogP contribution in [0.4, 0.5) is 0 Å². The number of rotatable bonds is 5. The Morgan fingerprint density at radius 3 is 2.59 bits per heavy atom. The van der Waals surface area contributed by atoms with E-state index in [-0.39, 0.29) is 36.1 Å². The molecule has 0 radical (unpaired) electrons. The van der Waals surface area contributed by atoms with Crippen molar-refractivity contribution in [1.82, 2.24) is 31.4 Å². The van der Waals surface area contributed by atoms with E-state index in [9.17, 15) is 19.2 Å². The summed E-state index contributed by atoms with van der Waals surface area (Å²) in [6.07, 6.45) is 4.13. The molecule has 0 fully saturated rings. The summed E-state index contributed by atoms with van der Waals surface area (Å²) < 4.78 is 10.5. The Morgan fingerprint density at radius 2 is 1.87 bits per heavy atom. The predicted octanol–water partition coefficient (Wildman–Crippen LogP) is 1.92. The summed E-state index contributed by atoms with van der Waals surface area (Å²) in [6, 6.07) is 8.11. The monoisotopic (exact) mass is 536 g/mol. The summed E-state index contributed by atoms with van der Waals surface area (Å²) in [5.74, 6) is -1.96. The quantitative estimate of drug-likeness (QED) is 0.383. The second kappa shape index (κ2) is 12.9. The number of carbonyl (C=O) groups excluding carboxylic acids is 4. The molecular formula is C27H32N6O6. The van der Waals surface area contributed by atoms with Crippen molar-refractivity contribution >= 4 is 23.6 Å². The van der Waals surface area contributed by atoms with Crippen LogP contribution in [0.1, 0.15) is 71.6 Å². The van der Waals surface area contributed by atoms with Crippen LogP contribution in [-0.2, 0) is 16.0 Å². The van der Waals surface area contributed by atoms with Gasteiger partial charge in [0.1, 0.15) is 24.4 Å². The lowest BCUT2D eigenvalue weighted by Crippen LogP contribution is -2.55. The van der Waals surface area contributed by atoms with E-state index in [1.54, 1.807) is 0 Å². The molecule has 4 N–H and O–H groups in total. The molecule has 0 aliphatic carbocycles. The van der Waals surface area contributed by atoms with Crippen molar-refractivity contribution in [3.8, 4) is 0 Å². The van der Waals surface area contributed by atoms with Gasteiger partial charge in [0.05, 0.1) is 6.20 Å². The third kappa shape index (κ3) is 7.30. The van der Waals surface area contributed by atoms with Gasteiger partial charge in [-0.25, -0.2) is 4.98 Å². The van der Waals surface area contributed by atoms with Gasteiger partial charge >= 0.3 is 0 Å². The zero-order valence-corrected chi connectivity index (χ0v) is 21.8.